The zero-order chi connectivity index (χ0) is 14.9. The van der Waals surface area contributed by atoms with E-state index in [0.29, 0.717) is 5.92 Å². The van der Waals surface area contributed by atoms with Crippen molar-refractivity contribution in [1.82, 2.24) is 9.55 Å². The topological polar surface area (TPSA) is 42.2 Å². The number of nitrogens with zero attached hydrogens (tertiary/aromatic N) is 3. The average Bonchev–Trinajstić information content (AvgIpc) is 3.15. The maximum absolute atomic E-state index is 4.82. The van der Waals surface area contributed by atoms with Crippen LogP contribution in [0.25, 0.3) is 10.8 Å². The predicted molar refractivity (Wildman–Crippen MR) is 90.4 cm³/mol. The molecule has 0 amide bonds. The van der Waals surface area contributed by atoms with Crippen molar-refractivity contribution in [3.63, 3.8) is 0 Å². The minimum Gasteiger partial charge on any atom is -0.339 e. The number of aliphatic imine (C=N–C) groups is 1. The van der Waals surface area contributed by atoms with Crippen LogP contribution in [-0.2, 0) is 6.54 Å². The first-order valence-electron chi connectivity index (χ1n) is 7.60. The first kappa shape index (κ1) is 13.1. The Kier molecular flexibility index (Phi) is 3.15. The van der Waals surface area contributed by atoms with Gasteiger partial charge in [-0.15, -0.1) is 0 Å². The number of aromatic nitrogens is 2. The Balaban J connectivity index is 1.56. The third kappa shape index (κ3) is 2.26. The predicted octanol–water partition coefficient (Wildman–Crippen LogP) is 3.54. The largest absolute Gasteiger partial charge is 0.339 e. The van der Waals surface area contributed by atoms with E-state index in [2.05, 4.69) is 58.2 Å². The molecule has 0 fully saturated rings. The molecular weight excluding hydrogens is 272 g/mol. The van der Waals surface area contributed by atoms with Gasteiger partial charge in [0.1, 0.15) is 5.84 Å². The Bertz CT molecular complexity index is 828. The number of amidine groups is 1. The van der Waals surface area contributed by atoms with Gasteiger partial charge in [-0.05, 0) is 17.4 Å². The molecule has 1 aliphatic rings. The maximum atomic E-state index is 4.82. The van der Waals surface area contributed by atoms with E-state index in [1.54, 1.807) is 0 Å². The van der Waals surface area contributed by atoms with Gasteiger partial charge in [-0.1, -0.05) is 37.3 Å². The average molecular weight is 290 g/mol. The summed E-state index contributed by atoms with van der Waals surface area (Å²) < 4.78 is 2.10. The van der Waals surface area contributed by atoms with E-state index in [1.165, 1.54) is 16.3 Å². The second-order valence-corrected chi connectivity index (χ2v) is 5.89. The molecule has 22 heavy (non-hydrogen) atoms. The van der Waals surface area contributed by atoms with Crippen LogP contribution in [0.15, 0.2) is 60.1 Å². The number of hydrogen-bond donors (Lipinski definition) is 1. The Morgan fingerprint density at radius 1 is 1.23 bits per heavy atom. The van der Waals surface area contributed by atoms with E-state index in [4.69, 9.17) is 4.99 Å². The van der Waals surface area contributed by atoms with Crippen LogP contribution in [-0.4, -0.2) is 21.9 Å². The molecule has 2 heterocycles. The van der Waals surface area contributed by atoms with E-state index >= 15 is 0 Å². The molecule has 3 aromatic rings. The molecule has 1 aromatic heterocycles. The summed E-state index contributed by atoms with van der Waals surface area (Å²) in [5.74, 6) is 1.45. The van der Waals surface area contributed by atoms with E-state index in [-0.39, 0.29) is 0 Å². The molecule has 0 radical (unpaired) electrons. The van der Waals surface area contributed by atoms with E-state index in [9.17, 15) is 0 Å². The van der Waals surface area contributed by atoms with Crippen LogP contribution in [0, 0.1) is 5.92 Å². The molecular formula is C18H18N4. The van der Waals surface area contributed by atoms with Crippen LogP contribution in [0.4, 0.5) is 5.69 Å². The molecule has 4 heteroatoms. The molecule has 0 spiro atoms. The summed E-state index contributed by atoms with van der Waals surface area (Å²) in [7, 11) is 0. The molecule has 1 unspecified atom stereocenters. The highest BCUT2D eigenvalue weighted by Gasteiger charge is 2.19. The first-order valence-corrected chi connectivity index (χ1v) is 7.60. The van der Waals surface area contributed by atoms with Crippen molar-refractivity contribution in [2.75, 3.05) is 11.9 Å². The summed E-state index contributed by atoms with van der Waals surface area (Å²) in [4.78, 5) is 8.90. The number of hydrogen-bond acceptors (Lipinski definition) is 2. The lowest BCUT2D eigenvalue weighted by Crippen LogP contribution is -2.13. The Morgan fingerprint density at radius 3 is 2.91 bits per heavy atom. The minimum atomic E-state index is 0.464. The molecule has 0 saturated heterocycles. The van der Waals surface area contributed by atoms with Gasteiger partial charge in [0, 0.05) is 42.1 Å². The summed E-state index contributed by atoms with van der Waals surface area (Å²) in [5, 5.41) is 6.00. The van der Waals surface area contributed by atoms with Gasteiger partial charge in [0.25, 0.3) is 0 Å². The van der Waals surface area contributed by atoms with Crippen molar-refractivity contribution in [1.29, 1.82) is 0 Å². The van der Waals surface area contributed by atoms with Gasteiger partial charge in [-0.2, -0.15) is 0 Å². The molecule has 2 aromatic carbocycles. The van der Waals surface area contributed by atoms with Crippen LogP contribution in [0.5, 0.6) is 0 Å². The molecule has 110 valence electrons. The minimum absolute atomic E-state index is 0.464. The fourth-order valence-corrected chi connectivity index (χ4v) is 3.02. The van der Waals surface area contributed by atoms with Crippen LogP contribution in [0.3, 0.4) is 0 Å². The quantitative estimate of drug-likeness (QED) is 0.798. The van der Waals surface area contributed by atoms with Crippen molar-refractivity contribution >= 4 is 22.3 Å². The van der Waals surface area contributed by atoms with Crippen LogP contribution >= 0.6 is 0 Å². The monoisotopic (exact) mass is 290 g/mol. The van der Waals surface area contributed by atoms with Crippen molar-refractivity contribution in [3.05, 3.63) is 60.7 Å². The second-order valence-electron chi connectivity index (χ2n) is 5.89. The summed E-state index contributed by atoms with van der Waals surface area (Å²) in [5.41, 5.74) is 2.37. The molecule has 0 bridgehead atoms. The van der Waals surface area contributed by atoms with Crippen molar-refractivity contribution < 1.29 is 0 Å². The van der Waals surface area contributed by atoms with Gasteiger partial charge >= 0.3 is 0 Å². The fraction of sp³-hybridized carbons (Fsp3) is 0.222. The zero-order valence-corrected chi connectivity index (χ0v) is 12.5. The summed E-state index contributed by atoms with van der Waals surface area (Å²) in [6.45, 7) is 3.95. The smallest absolute Gasteiger partial charge is 0.133 e. The summed E-state index contributed by atoms with van der Waals surface area (Å²) in [6, 6.07) is 12.7. The SMILES string of the molecule is CC(CN=C1Nc2cccc3cccc1c23)Cn1ccnc1. The third-order valence-electron chi connectivity index (χ3n) is 4.06. The number of imidazole rings is 1. The van der Waals surface area contributed by atoms with Crippen molar-refractivity contribution in [2.24, 2.45) is 10.9 Å². The summed E-state index contributed by atoms with van der Waals surface area (Å²) >= 11 is 0. The van der Waals surface area contributed by atoms with Gasteiger partial charge in [-0.25, -0.2) is 4.98 Å². The van der Waals surface area contributed by atoms with Gasteiger partial charge in [0.15, 0.2) is 0 Å². The zero-order valence-electron chi connectivity index (χ0n) is 12.5. The molecule has 1 aliphatic heterocycles. The maximum Gasteiger partial charge on any atom is 0.133 e. The van der Waals surface area contributed by atoms with Crippen LogP contribution in [0.1, 0.15) is 12.5 Å². The Hall–Kier alpha value is -2.62. The van der Waals surface area contributed by atoms with Crippen LogP contribution in [0.2, 0.25) is 0 Å². The normalized spacial score (nSPS) is 16.1. The van der Waals surface area contributed by atoms with Crippen LogP contribution < -0.4 is 5.32 Å². The third-order valence-corrected chi connectivity index (χ3v) is 4.06. The standard InChI is InChI=1S/C18H18N4/c1-13(11-22-9-8-19-12-22)10-20-18-15-6-2-4-14-5-3-7-16(21-18)17(14)15/h2-9,12-13H,10-11H2,1H3,(H,20,21). The lowest BCUT2D eigenvalue weighted by molar-refractivity contribution is 0.492. The number of benzene rings is 2. The Labute approximate surface area is 129 Å². The molecule has 4 rings (SSSR count). The first-order chi connectivity index (χ1) is 10.8. The van der Waals surface area contributed by atoms with Gasteiger partial charge in [-0.3, -0.25) is 4.99 Å². The van der Waals surface area contributed by atoms with E-state index in [0.717, 1.165) is 24.6 Å². The van der Waals surface area contributed by atoms with Gasteiger partial charge in [0.05, 0.1) is 6.33 Å². The highest BCUT2D eigenvalue weighted by molar-refractivity contribution is 6.25. The lowest BCUT2D eigenvalue weighted by Gasteiger charge is -2.10. The number of anilines is 1. The Morgan fingerprint density at radius 2 is 2.09 bits per heavy atom. The molecule has 4 nitrogen and oxygen atoms in total. The van der Waals surface area contributed by atoms with Crippen molar-refractivity contribution in [3.8, 4) is 0 Å². The summed E-state index contributed by atoms with van der Waals surface area (Å²) in [6.07, 6.45) is 5.66. The van der Waals surface area contributed by atoms with E-state index in [1.807, 2.05) is 18.7 Å². The van der Waals surface area contributed by atoms with E-state index < -0.39 is 0 Å². The van der Waals surface area contributed by atoms with Gasteiger partial charge < -0.3 is 9.88 Å². The highest BCUT2D eigenvalue weighted by Crippen LogP contribution is 2.32. The van der Waals surface area contributed by atoms with Crippen molar-refractivity contribution in [2.45, 2.75) is 13.5 Å². The highest BCUT2D eigenvalue weighted by atomic mass is 15.0. The van der Waals surface area contributed by atoms with Gasteiger partial charge in [0.2, 0.25) is 0 Å². The second kappa shape index (κ2) is 5.30. The molecule has 0 saturated carbocycles. The molecule has 1 N–H and O–H groups in total. The number of rotatable bonds is 4. The lowest BCUT2D eigenvalue weighted by atomic mass is 10.1. The molecule has 1 atom stereocenters. The number of nitrogens with one attached hydrogen (secondary N) is 1. The fourth-order valence-electron chi connectivity index (χ4n) is 3.02. The molecule has 0 aliphatic carbocycles.